The fourth-order valence-electron chi connectivity index (χ4n) is 2.67. The number of halogens is 6. The second-order valence-corrected chi connectivity index (χ2v) is 8.89. The van der Waals surface area contributed by atoms with Gasteiger partial charge in [-0.25, -0.2) is 0 Å². The van der Waals surface area contributed by atoms with E-state index in [2.05, 4.69) is 0 Å². The fraction of sp³-hybridized carbons (Fsp3) is 0.750. The second kappa shape index (κ2) is 9.38. The quantitative estimate of drug-likeness (QED) is 0.330. The zero-order valence-corrected chi connectivity index (χ0v) is 15.9. The number of hydrogen-bond acceptors (Lipinski definition) is 3. The minimum atomic E-state index is -5.30. The minimum Gasteiger partial charge on any atom is -0.343 e. The van der Waals surface area contributed by atoms with Gasteiger partial charge in [0.1, 0.15) is 0 Å². The van der Waals surface area contributed by atoms with Crippen LogP contribution in [0.25, 0.3) is 0 Å². The molecule has 0 heterocycles. The normalized spacial score (nSPS) is 16.2. The maximum absolute atomic E-state index is 13.0. The van der Waals surface area contributed by atoms with E-state index in [1.54, 1.807) is 13.8 Å². The summed E-state index contributed by atoms with van der Waals surface area (Å²) in [5.41, 5.74) is 0.0370. The molecule has 0 aromatic rings. The van der Waals surface area contributed by atoms with Gasteiger partial charge in [0.05, 0.1) is 13.2 Å². The van der Waals surface area contributed by atoms with Crippen molar-refractivity contribution in [2.75, 3.05) is 13.2 Å². The van der Waals surface area contributed by atoms with Gasteiger partial charge in [0.2, 0.25) is 0 Å². The lowest BCUT2D eigenvalue weighted by Gasteiger charge is -2.29. The van der Waals surface area contributed by atoms with Crippen LogP contribution in [0.15, 0.2) is 22.9 Å². The molecule has 26 heavy (non-hydrogen) atoms. The molecule has 1 aliphatic carbocycles. The van der Waals surface area contributed by atoms with Gasteiger partial charge in [-0.2, -0.15) is 26.3 Å². The Hall–Kier alpha value is -0.843. The molecule has 0 unspecified atom stereocenters. The van der Waals surface area contributed by atoms with Gasteiger partial charge in [-0.3, -0.25) is 0 Å². The highest BCUT2D eigenvalue weighted by Crippen LogP contribution is 2.40. The maximum Gasteiger partial charge on any atom is 0.373 e. The highest BCUT2D eigenvalue weighted by atomic mass is 28.3. The summed E-state index contributed by atoms with van der Waals surface area (Å²) in [6.45, 7) is 3.91. The maximum atomic E-state index is 13.0. The molecule has 0 aromatic carbocycles. The van der Waals surface area contributed by atoms with E-state index in [9.17, 15) is 31.4 Å². The minimum absolute atomic E-state index is 0.00261. The smallest absolute Gasteiger partial charge is 0.343 e. The Morgan fingerprint density at radius 1 is 1.00 bits per heavy atom. The molecule has 152 valence electrons. The molecule has 0 atom stereocenters. The van der Waals surface area contributed by atoms with Crippen molar-refractivity contribution in [2.45, 2.75) is 63.5 Å². The first-order valence-corrected chi connectivity index (χ1v) is 10.2. The number of alkyl halides is 6. The van der Waals surface area contributed by atoms with Crippen molar-refractivity contribution in [3.8, 4) is 0 Å². The predicted molar refractivity (Wildman–Crippen MR) is 86.7 cm³/mol. The lowest BCUT2D eigenvalue weighted by Crippen LogP contribution is -2.49. The van der Waals surface area contributed by atoms with E-state index in [1.807, 2.05) is 0 Å². The highest BCUT2D eigenvalue weighted by molar-refractivity contribution is 6.71. The van der Waals surface area contributed by atoms with Crippen molar-refractivity contribution in [1.29, 1.82) is 0 Å². The van der Waals surface area contributed by atoms with Crippen LogP contribution < -0.4 is 0 Å². The molecule has 0 bridgehead atoms. The van der Waals surface area contributed by atoms with Gasteiger partial charge in [0, 0.05) is 6.42 Å². The standard InChI is InChI=1S/C16H24F6O3Si/c1-3-10-24-14(23,25-11-4-2)9-8-12-6-5-7-13(12)26(15(17,18)19)16(20,21)22/h5,7,23,26H,3-4,6,8-11H2,1-2H3. The monoisotopic (exact) mass is 406 g/mol. The van der Waals surface area contributed by atoms with E-state index in [4.69, 9.17) is 9.47 Å². The molecule has 10 heteroatoms. The summed E-state index contributed by atoms with van der Waals surface area (Å²) in [5, 5.41) is 9.69. The molecular weight excluding hydrogens is 382 g/mol. The van der Waals surface area contributed by atoms with E-state index < -0.39 is 31.6 Å². The zero-order valence-electron chi connectivity index (χ0n) is 14.7. The van der Waals surface area contributed by atoms with Gasteiger partial charge in [0.15, 0.2) is 0 Å². The lowest BCUT2D eigenvalue weighted by molar-refractivity contribution is -0.362. The molecule has 0 aromatic heterocycles. The molecule has 3 nitrogen and oxygen atoms in total. The molecule has 1 rings (SSSR count). The van der Waals surface area contributed by atoms with Gasteiger partial charge in [-0.15, -0.1) is 0 Å². The van der Waals surface area contributed by atoms with Crippen LogP contribution in [0, 0.1) is 0 Å². The van der Waals surface area contributed by atoms with Crippen molar-refractivity contribution >= 4 is 8.80 Å². The summed E-state index contributed by atoms with van der Waals surface area (Å²) in [6, 6.07) is 0. The Labute approximate surface area is 150 Å². The molecule has 0 fully saturated rings. The molecule has 0 aliphatic heterocycles. The summed E-state index contributed by atoms with van der Waals surface area (Å²) >= 11 is 0. The first kappa shape index (κ1) is 23.2. The van der Waals surface area contributed by atoms with Crippen LogP contribution in [-0.2, 0) is 9.47 Å². The third-order valence-corrected chi connectivity index (χ3v) is 6.37. The number of ether oxygens (including phenoxy) is 2. The van der Waals surface area contributed by atoms with Crippen LogP contribution in [0.2, 0.25) is 0 Å². The number of hydrogen-bond donors (Lipinski definition) is 1. The average molecular weight is 406 g/mol. The van der Waals surface area contributed by atoms with E-state index in [1.165, 1.54) is 6.08 Å². The van der Waals surface area contributed by atoms with Crippen molar-refractivity contribution in [2.24, 2.45) is 0 Å². The summed E-state index contributed by atoms with van der Waals surface area (Å²) in [6.07, 6.45) is 2.97. The van der Waals surface area contributed by atoms with E-state index in [0.29, 0.717) is 12.8 Å². The predicted octanol–water partition coefficient (Wildman–Crippen LogP) is 4.49. The van der Waals surface area contributed by atoms with E-state index in [-0.39, 0.29) is 38.0 Å². The van der Waals surface area contributed by atoms with Crippen LogP contribution in [0.4, 0.5) is 26.3 Å². The molecule has 0 radical (unpaired) electrons. The van der Waals surface area contributed by atoms with Crippen molar-refractivity contribution in [1.82, 2.24) is 0 Å². The molecule has 0 saturated carbocycles. The van der Waals surface area contributed by atoms with Gasteiger partial charge < -0.3 is 14.6 Å². The molecule has 1 N–H and O–H groups in total. The third-order valence-electron chi connectivity index (χ3n) is 3.84. The summed E-state index contributed by atoms with van der Waals surface area (Å²) < 4.78 is 88.6. The molecular formula is C16H24F6O3Si. The second-order valence-electron chi connectivity index (χ2n) is 6.09. The number of allylic oxidation sites excluding steroid dienone is 4. The van der Waals surface area contributed by atoms with Crippen LogP contribution in [0.3, 0.4) is 0 Å². The molecule has 1 aliphatic rings. The first-order chi connectivity index (χ1) is 11.9. The van der Waals surface area contributed by atoms with Crippen LogP contribution >= 0.6 is 0 Å². The summed E-state index contributed by atoms with van der Waals surface area (Å²) in [5.74, 6) is -12.6. The SMILES string of the molecule is CCCOC(O)(CCC1=C([SiH](C(F)(F)F)C(F)(F)F)C=CC1)OCCC. The fourth-order valence-corrected chi connectivity index (χ4v) is 4.74. The molecule has 0 spiro atoms. The van der Waals surface area contributed by atoms with Crippen LogP contribution in [0.1, 0.15) is 46.0 Å². The molecule has 0 amide bonds. The van der Waals surface area contributed by atoms with Crippen LogP contribution in [0.5, 0.6) is 0 Å². The number of rotatable bonds is 10. The molecule has 0 saturated heterocycles. The van der Waals surface area contributed by atoms with E-state index in [0.717, 1.165) is 6.08 Å². The number of aliphatic hydroxyl groups is 1. The van der Waals surface area contributed by atoms with Crippen molar-refractivity contribution < 1.29 is 40.9 Å². The summed E-state index contributed by atoms with van der Waals surface area (Å²) in [4.78, 5) is 0. The third kappa shape index (κ3) is 6.71. The Balaban J connectivity index is 2.99. The van der Waals surface area contributed by atoms with Gasteiger partial charge in [-0.05, 0) is 30.9 Å². The largest absolute Gasteiger partial charge is 0.373 e. The van der Waals surface area contributed by atoms with Gasteiger partial charge in [-0.1, -0.05) is 31.6 Å². The highest BCUT2D eigenvalue weighted by Gasteiger charge is 2.60. The Morgan fingerprint density at radius 3 is 1.92 bits per heavy atom. The Bertz CT molecular complexity index is 491. The first-order valence-electron chi connectivity index (χ1n) is 8.46. The lowest BCUT2D eigenvalue weighted by atomic mass is 10.1. The average Bonchev–Trinajstić information content (AvgIpc) is 2.94. The van der Waals surface area contributed by atoms with Crippen molar-refractivity contribution in [3.63, 3.8) is 0 Å². The Kier molecular flexibility index (Phi) is 8.37. The Morgan fingerprint density at radius 2 is 1.50 bits per heavy atom. The topological polar surface area (TPSA) is 38.7 Å². The van der Waals surface area contributed by atoms with Crippen molar-refractivity contribution in [3.05, 3.63) is 22.9 Å². The zero-order chi connectivity index (χ0) is 20.0. The summed E-state index contributed by atoms with van der Waals surface area (Å²) in [7, 11) is -5.22. The van der Waals surface area contributed by atoms with E-state index >= 15 is 0 Å². The van der Waals surface area contributed by atoms with Gasteiger partial charge >= 0.3 is 20.4 Å². The van der Waals surface area contributed by atoms with Gasteiger partial charge in [0.25, 0.3) is 5.97 Å². The van der Waals surface area contributed by atoms with Crippen LogP contribution in [-0.4, -0.2) is 44.7 Å².